The number of aromatic hydroxyl groups is 1. The number of rotatable bonds is 3. The van der Waals surface area contributed by atoms with Gasteiger partial charge in [-0.25, -0.2) is 0 Å². The van der Waals surface area contributed by atoms with Crippen molar-refractivity contribution >= 4 is 0 Å². The van der Waals surface area contributed by atoms with Crippen molar-refractivity contribution in [3.63, 3.8) is 0 Å². The molecule has 1 aromatic carbocycles. The number of hydrogen-bond donors (Lipinski definition) is 1. The molecule has 0 aromatic heterocycles. The Labute approximate surface area is 103 Å². The molecule has 1 aliphatic rings. The Kier molecular flexibility index (Phi) is 3.38. The largest absolute Gasteiger partial charge is 0.508 e. The summed E-state index contributed by atoms with van der Waals surface area (Å²) < 4.78 is 42.7. The Balaban J connectivity index is 2.21. The zero-order valence-corrected chi connectivity index (χ0v) is 9.87. The standard InChI is InChI=1S/C12H14F3NO2/c1-2-16(7-12(13,14)15)10-6-18-11-5-8(17)3-4-9(10)11/h3-5,10,17H,2,6-7H2,1H3. The molecule has 1 heterocycles. The summed E-state index contributed by atoms with van der Waals surface area (Å²) in [5.74, 6) is 0.508. The fourth-order valence-corrected chi connectivity index (χ4v) is 2.16. The van der Waals surface area contributed by atoms with E-state index < -0.39 is 18.8 Å². The first-order valence-corrected chi connectivity index (χ1v) is 5.67. The van der Waals surface area contributed by atoms with Gasteiger partial charge in [0.05, 0.1) is 12.6 Å². The summed E-state index contributed by atoms with van der Waals surface area (Å²) in [6.45, 7) is 1.19. The second-order valence-corrected chi connectivity index (χ2v) is 4.23. The van der Waals surface area contributed by atoms with Crippen LogP contribution in [0.2, 0.25) is 0 Å². The van der Waals surface area contributed by atoms with E-state index in [0.717, 1.165) is 0 Å². The van der Waals surface area contributed by atoms with Gasteiger partial charge >= 0.3 is 6.18 Å². The first-order valence-electron chi connectivity index (χ1n) is 5.67. The van der Waals surface area contributed by atoms with E-state index in [1.807, 2.05) is 0 Å². The lowest BCUT2D eigenvalue weighted by Gasteiger charge is -2.27. The molecule has 0 fully saturated rings. The number of hydrogen-bond acceptors (Lipinski definition) is 3. The predicted octanol–water partition coefficient (Wildman–Crippen LogP) is 2.71. The van der Waals surface area contributed by atoms with Crippen LogP contribution < -0.4 is 4.74 Å². The van der Waals surface area contributed by atoms with Crippen LogP contribution in [0.15, 0.2) is 18.2 Å². The van der Waals surface area contributed by atoms with E-state index in [1.54, 1.807) is 13.0 Å². The summed E-state index contributed by atoms with van der Waals surface area (Å²) in [6, 6.07) is 4.09. The lowest BCUT2D eigenvalue weighted by Crippen LogP contribution is -2.37. The molecule has 0 radical (unpaired) electrons. The number of alkyl halides is 3. The maximum absolute atomic E-state index is 12.5. The van der Waals surface area contributed by atoms with Crippen LogP contribution in [-0.2, 0) is 0 Å². The minimum atomic E-state index is -4.23. The molecule has 0 spiro atoms. The van der Waals surface area contributed by atoms with Crippen molar-refractivity contribution in [2.24, 2.45) is 0 Å². The molecule has 0 bridgehead atoms. The Morgan fingerprint density at radius 3 is 2.78 bits per heavy atom. The molecule has 0 aliphatic carbocycles. The van der Waals surface area contributed by atoms with Crippen molar-refractivity contribution in [2.75, 3.05) is 19.7 Å². The molecule has 6 heteroatoms. The Hall–Kier alpha value is -1.43. The van der Waals surface area contributed by atoms with E-state index in [1.165, 1.54) is 17.0 Å². The molecule has 0 saturated heterocycles. The minimum Gasteiger partial charge on any atom is -0.508 e. The molecule has 0 amide bonds. The third-order valence-electron chi connectivity index (χ3n) is 2.98. The molecule has 1 N–H and O–H groups in total. The summed E-state index contributed by atoms with van der Waals surface area (Å²) >= 11 is 0. The number of halogens is 3. The predicted molar refractivity (Wildman–Crippen MR) is 59.6 cm³/mol. The Morgan fingerprint density at radius 2 is 2.17 bits per heavy atom. The number of benzene rings is 1. The van der Waals surface area contributed by atoms with Crippen molar-refractivity contribution in [1.29, 1.82) is 0 Å². The fourth-order valence-electron chi connectivity index (χ4n) is 2.16. The van der Waals surface area contributed by atoms with E-state index in [0.29, 0.717) is 11.3 Å². The van der Waals surface area contributed by atoms with Gasteiger partial charge in [0, 0.05) is 11.6 Å². The molecule has 1 aliphatic heterocycles. The van der Waals surface area contributed by atoms with Gasteiger partial charge in [0.15, 0.2) is 0 Å². The quantitative estimate of drug-likeness (QED) is 0.908. The average Bonchev–Trinajstić information content (AvgIpc) is 2.67. The number of likely N-dealkylation sites (N-methyl/N-ethyl adjacent to an activating group) is 1. The highest BCUT2D eigenvalue weighted by Crippen LogP contribution is 2.38. The zero-order chi connectivity index (χ0) is 13.3. The summed E-state index contributed by atoms with van der Waals surface area (Å²) in [7, 11) is 0. The van der Waals surface area contributed by atoms with E-state index in [4.69, 9.17) is 4.74 Å². The molecule has 0 saturated carbocycles. The highest BCUT2D eigenvalue weighted by atomic mass is 19.4. The molecular weight excluding hydrogens is 247 g/mol. The second kappa shape index (κ2) is 4.68. The van der Waals surface area contributed by atoms with Gasteiger partial charge in [0.25, 0.3) is 0 Å². The highest BCUT2D eigenvalue weighted by molar-refractivity contribution is 5.44. The molecule has 1 unspecified atom stereocenters. The molecule has 3 nitrogen and oxygen atoms in total. The fraction of sp³-hybridized carbons (Fsp3) is 0.500. The van der Waals surface area contributed by atoms with Crippen LogP contribution in [0.4, 0.5) is 13.2 Å². The van der Waals surface area contributed by atoms with Gasteiger partial charge in [0.1, 0.15) is 18.1 Å². The maximum atomic E-state index is 12.5. The summed E-state index contributed by atoms with van der Waals surface area (Å²) in [4.78, 5) is 1.32. The van der Waals surface area contributed by atoms with Crippen LogP contribution in [0.5, 0.6) is 11.5 Å². The van der Waals surface area contributed by atoms with Gasteiger partial charge in [-0.1, -0.05) is 6.92 Å². The van der Waals surface area contributed by atoms with Gasteiger partial charge in [-0.15, -0.1) is 0 Å². The Morgan fingerprint density at radius 1 is 1.44 bits per heavy atom. The third-order valence-corrected chi connectivity index (χ3v) is 2.98. The van der Waals surface area contributed by atoms with Crippen molar-refractivity contribution in [3.05, 3.63) is 23.8 Å². The Bertz CT molecular complexity index is 434. The average molecular weight is 261 g/mol. The lowest BCUT2D eigenvalue weighted by atomic mass is 10.1. The van der Waals surface area contributed by atoms with Gasteiger partial charge in [-0.3, -0.25) is 4.90 Å². The van der Waals surface area contributed by atoms with Crippen LogP contribution in [0, 0.1) is 0 Å². The molecular formula is C12H14F3NO2. The smallest absolute Gasteiger partial charge is 0.401 e. The second-order valence-electron chi connectivity index (χ2n) is 4.23. The van der Waals surface area contributed by atoms with Crippen molar-refractivity contribution < 1.29 is 23.0 Å². The van der Waals surface area contributed by atoms with Gasteiger partial charge in [-0.2, -0.15) is 13.2 Å². The van der Waals surface area contributed by atoms with E-state index in [9.17, 15) is 18.3 Å². The number of nitrogens with zero attached hydrogens (tertiary/aromatic N) is 1. The van der Waals surface area contributed by atoms with Crippen LogP contribution in [0.1, 0.15) is 18.5 Å². The molecule has 1 aromatic rings. The first kappa shape index (κ1) is 13.0. The van der Waals surface area contributed by atoms with Gasteiger partial charge in [-0.05, 0) is 18.7 Å². The van der Waals surface area contributed by atoms with Crippen molar-refractivity contribution in [2.45, 2.75) is 19.1 Å². The normalized spacial score (nSPS) is 18.8. The molecule has 1 atom stereocenters. The summed E-state index contributed by atoms with van der Waals surface area (Å²) in [5.41, 5.74) is 0.693. The maximum Gasteiger partial charge on any atom is 0.401 e. The minimum absolute atomic E-state index is 0.0493. The topological polar surface area (TPSA) is 32.7 Å². The number of phenolic OH excluding ortho intramolecular Hbond substituents is 1. The number of fused-ring (bicyclic) bond motifs is 1. The van der Waals surface area contributed by atoms with E-state index in [-0.39, 0.29) is 18.9 Å². The van der Waals surface area contributed by atoms with Crippen molar-refractivity contribution in [3.8, 4) is 11.5 Å². The van der Waals surface area contributed by atoms with Gasteiger partial charge in [0.2, 0.25) is 0 Å². The lowest BCUT2D eigenvalue weighted by molar-refractivity contribution is -0.151. The monoisotopic (exact) mass is 261 g/mol. The van der Waals surface area contributed by atoms with Crippen LogP contribution in [0.25, 0.3) is 0 Å². The number of phenols is 1. The number of ether oxygens (including phenoxy) is 1. The summed E-state index contributed by atoms with van der Waals surface area (Å²) in [6.07, 6.45) is -4.23. The zero-order valence-electron chi connectivity index (χ0n) is 9.87. The van der Waals surface area contributed by atoms with Gasteiger partial charge < -0.3 is 9.84 Å². The van der Waals surface area contributed by atoms with Crippen LogP contribution in [0.3, 0.4) is 0 Å². The molecule has 100 valence electrons. The molecule has 18 heavy (non-hydrogen) atoms. The highest BCUT2D eigenvalue weighted by Gasteiger charge is 2.36. The van der Waals surface area contributed by atoms with Crippen molar-refractivity contribution in [1.82, 2.24) is 4.90 Å². The van der Waals surface area contributed by atoms with E-state index >= 15 is 0 Å². The van der Waals surface area contributed by atoms with Crippen LogP contribution in [-0.4, -0.2) is 35.9 Å². The first-order chi connectivity index (χ1) is 8.40. The van der Waals surface area contributed by atoms with Crippen LogP contribution >= 0.6 is 0 Å². The summed E-state index contributed by atoms with van der Waals surface area (Å²) in [5, 5.41) is 9.29. The molecule has 2 rings (SSSR count). The van der Waals surface area contributed by atoms with E-state index in [2.05, 4.69) is 0 Å². The third kappa shape index (κ3) is 2.69. The SMILES string of the molecule is CCN(CC(F)(F)F)C1COc2cc(O)ccc21.